The first-order valence-electron chi connectivity index (χ1n) is 9.61. The second kappa shape index (κ2) is 8.36. The number of aliphatic imine (C=N–C) groups is 1. The summed E-state index contributed by atoms with van der Waals surface area (Å²) in [6, 6.07) is 9.90. The van der Waals surface area contributed by atoms with E-state index in [0.29, 0.717) is 17.4 Å². The first-order chi connectivity index (χ1) is 14.3. The number of allylic oxidation sites excluding steroid dienone is 1. The minimum absolute atomic E-state index is 0.212. The van der Waals surface area contributed by atoms with Gasteiger partial charge in [0.05, 0.1) is 5.41 Å². The third-order valence-corrected chi connectivity index (χ3v) is 5.34. The zero-order valence-corrected chi connectivity index (χ0v) is 17.7. The molecule has 0 unspecified atom stereocenters. The van der Waals surface area contributed by atoms with E-state index in [1.54, 1.807) is 10.9 Å². The summed E-state index contributed by atoms with van der Waals surface area (Å²) in [6.07, 6.45) is 4.92. The molecule has 0 aliphatic heterocycles. The molecule has 1 atom stereocenters. The first kappa shape index (κ1) is 21.0. The van der Waals surface area contributed by atoms with Gasteiger partial charge in [0.15, 0.2) is 11.5 Å². The molecular weight excluding hydrogens is 378 g/mol. The van der Waals surface area contributed by atoms with Crippen molar-refractivity contribution in [2.45, 2.75) is 26.2 Å². The van der Waals surface area contributed by atoms with Crippen molar-refractivity contribution in [2.24, 2.45) is 29.4 Å². The number of rotatable bonds is 7. The maximum atomic E-state index is 5.75. The molecule has 0 bridgehead atoms. The molecule has 0 fully saturated rings. The predicted octanol–water partition coefficient (Wildman–Crippen LogP) is 3.23. The van der Waals surface area contributed by atoms with E-state index in [4.69, 9.17) is 16.0 Å². The van der Waals surface area contributed by atoms with Crippen LogP contribution >= 0.6 is 0 Å². The van der Waals surface area contributed by atoms with E-state index in [1.165, 1.54) is 6.20 Å². The summed E-state index contributed by atoms with van der Waals surface area (Å²) < 4.78 is 7.22. The third kappa shape index (κ3) is 4.03. The van der Waals surface area contributed by atoms with Gasteiger partial charge in [-0.05, 0) is 30.0 Å². The van der Waals surface area contributed by atoms with Gasteiger partial charge in [0.1, 0.15) is 5.82 Å². The molecule has 8 nitrogen and oxygen atoms in total. The molecule has 2 heterocycles. The Balaban J connectivity index is 1.96. The molecule has 3 rings (SSSR count). The lowest BCUT2D eigenvalue weighted by Crippen LogP contribution is -2.31. The molecular formula is C22H27N7O. The van der Waals surface area contributed by atoms with Gasteiger partial charge in [-0.25, -0.2) is 4.99 Å². The molecule has 0 spiro atoms. The van der Waals surface area contributed by atoms with Crippen LogP contribution in [0.3, 0.4) is 0 Å². The van der Waals surface area contributed by atoms with Crippen molar-refractivity contribution in [3.63, 3.8) is 0 Å². The Labute approximate surface area is 176 Å². The van der Waals surface area contributed by atoms with Crippen molar-refractivity contribution in [3.8, 4) is 11.6 Å². The number of benzene rings is 1. The molecule has 8 heteroatoms. The Bertz CT molecular complexity index is 1090. The van der Waals surface area contributed by atoms with Gasteiger partial charge in [-0.2, -0.15) is 10.1 Å². The van der Waals surface area contributed by atoms with Crippen molar-refractivity contribution < 1.29 is 4.52 Å². The van der Waals surface area contributed by atoms with E-state index >= 15 is 0 Å². The topological polar surface area (TPSA) is 121 Å². The van der Waals surface area contributed by atoms with Crippen LogP contribution in [0.15, 0.2) is 64.6 Å². The molecule has 0 aliphatic carbocycles. The molecule has 156 valence electrons. The molecule has 0 saturated heterocycles. The Morgan fingerprint density at radius 3 is 2.50 bits per heavy atom. The fourth-order valence-corrected chi connectivity index (χ4v) is 3.16. The van der Waals surface area contributed by atoms with Crippen LogP contribution in [0.5, 0.6) is 0 Å². The van der Waals surface area contributed by atoms with Crippen molar-refractivity contribution in [2.75, 3.05) is 0 Å². The summed E-state index contributed by atoms with van der Waals surface area (Å²) in [4.78, 5) is 8.68. The highest BCUT2D eigenvalue weighted by atomic mass is 16.5. The lowest BCUT2D eigenvalue weighted by Gasteiger charge is -2.31. The molecule has 30 heavy (non-hydrogen) atoms. The lowest BCUT2D eigenvalue weighted by atomic mass is 9.72. The van der Waals surface area contributed by atoms with Gasteiger partial charge >= 0.3 is 0 Å². The van der Waals surface area contributed by atoms with Crippen LogP contribution in [-0.2, 0) is 12.5 Å². The minimum atomic E-state index is -0.457. The van der Waals surface area contributed by atoms with E-state index in [-0.39, 0.29) is 11.7 Å². The summed E-state index contributed by atoms with van der Waals surface area (Å²) in [7, 11) is 1.85. The third-order valence-electron chi connectivity index (χ3n) is 5.34. The Morgan fingerprint density at radius 1 is 1.27 bits per heavy atom. The molecule has 0 amide bonds. The minimum Gasteiger partial charge on any atom is -0.404 e. The second-order valence-electron chi connectivity index (χ2n) is 7.60. The van der Waals surface area contributed by atoms with Crippen LogP contribution in [0.2, 0.25) is 0 Å². The van der Waals surface area contributed by atoms with Gasteiger partial charge in [0.25, 0.3) is 5.89 Å². The highest BCUT2D eigenvalue weighted by Crippen LogP contribution is 2.38. The zero-order chi connectivity index (χ0) is 21.9. The fraction of sp³-hybridized carbons (Fsp3) is 0.273. The lowest BCUT2D eigenvalue weighted by molar-refractivity contribution is 0.350. The van der Waals surface area contributed by atoms with Gasteiger partial charge in [0, 0.05) is 31.2 Å². The fourth-order valence-electron chi connectivity index (χ4n) is 3.16. The Hall–Kier alpha value is -3.68. The molecule has 0 radical (unpaired) electrons. The number of aryl methyl sites for hydroxylation is 1. The van der Waals surface area contributed by atoms with Crippen molar-refractivity contribution >= 4 is 11.8 Å². The van der Waals surface area contributed by atoms with E-state index in [1.807, 2.05) is 43.6 Å². The average Bonchev–Trinajstić information content (AvgIpc) is 3.37. The maximum absolute atomic E-state index is 5.75. The van der Waals surface area contributed by atoms with Crippen LogP contribution in [0.25, 0.3) is 17.2 Å². The maximum Gasteiger partial charge on any atom is 0.278 e. The second-order valence-corrected chi connectivity index (χ2v) is 7.60. The van der Waals surface area contributed by atoms with Crippen LogP contribution < -0.4 is 11.5 Å². The molecule has 0 saturated carbocycles. The van der Waals surface area contributed by atoms with Crippen LogP contribution in [0, 0.1) is 5.92 Å². The highest BCUT2D eigenvalue weighted by Gasteiger charge is 2.37. The van der Waals surface area contributed by atoms with Crippen molar-refractivity contribution in [3.05, 3.63) is 72.1 Å². The van der Waals surface area contributed by atoms with Gasteiger partial charge < -0.3 is 16.0 Å². The molecule has 0 aliphatic rings. The van der Waals surface area contributed by atoms with E-state index in [2.05, 4.69) is 47.6 Å². The quantitative estimate of drug-likeness (QED) is 0.582. The van der Waals surface area contributed by atoms with Gasteiger partial charge in [-0.1, -0.05) is 49.8 Å². The van der Waals surface area contributed by atoms with Gasteiger partial charge in [-0.3, -0.25) is 4.68 Å². The molecule has 4 N–H and O–H groups in total. The van der Waals surface area contributed by atoms with E-state index < -0.39 is 5.41 Å². The van der Waals surface area contributed by atoms with Crippen molar-refractivity contribution in [1.82, 2.24) is 19.9 Å². The average molecular weight is 406 g/mol. The molecule has 2 aromatic heterocycles. The number of aromatic nitrogens is 4. The standard InChI is InChI=1S/C22H27N7O/c1-14(2)22(4,21-26-20(30-28-21)19-10-11-29(5)27-19)18-8-6-16(7-9-18)17(12-23)13-25-15(3)24/h6-14H,3,23-24H2,1-2,4-5H3/b17-12+,25-13?/t22-/m1/s1. The SMILES string of the molecule is C=C(N)N=C/C(=C\N)c1ccc([C@](C)(c2noc(-c3ccn(C)n3)n2)C(C)C)cc1. The number of nitrogens with zero attached hydrogens (tertiary/aromatic N) is 5. The molecule has 3 aromatic rings. The van der Waals surface area contributed by atoms with E-state index in [0.717, 1.165) is 16.7 Å². The summed E-state index contributed by atoms with van der Waals surface area (Å²) in [6.45, 7) is 9.94. The Kier molecular flexibility index (Phi) is 5.86. The van der Waals surface area contributed by atoms with Gasteiger partial charge in [-0.15, -0.1) is 0 Å². The number of hydrogen-bond donors (Lipinski definition) is 2. The predicted molar refractivity (Wildman–Crippen MR) is 118 cm³/mol. The van der Waals surface area contributed by atoms with Crippen molar-refractivity contribution in [1.29, 1.82) is 0 Å². The monoisotopic (exact) mass is 405 g/mol. The van der Waals surface area contributed by atoms with E-state index in [9.17, 15) is 0 Å². The molecule has 1 aromatic carbocycles. The Morgan fingerprint density at radius 2 is 1.97 bits per heavy atom. The van der Waals surface area contributed by atoms with Crippen LogP contribution in [-0.4, -0.2) is 26.1 Å². The highest BCUT2D eigenvalue weighted by molar-refractivity contribution is 6.09. The van der Waals surface area contributed by atoms with Gasteiger partial charge in [0.2, 0.25) is 0 Å². The smallest absolute Gasteiger partial charge is 0.278 e. The summed E-state index contributed by atoms with van der Waals surface area (Å²) in [5.41, 5.74) is 14.2. The largest absolute Gasteiger partial charge is 0.404 e. The summed E-state index contributed by atoms with van der Waals surface area (Å²) >= 11 is 0. The van der Waals surface area contributed by atoms with Crippen LogP contribution in [0.4, 0.5) is 0 Å². The summed E-state index contributed by atoms with van der Waals surface area (Å²) in [5.74, 6) is 1.45. The summed E-state index contributed by atoms with van der Waals surface area (Å²) in [5, 5.41) is 8.62. The first-order valence-corrected chi connectivity index (χ1v) is 9.61. The number of hydrogen-bond acceptors (Lipinski definition) is 7. The normalized spacial score (nSPS) is 14.4. The number of nitrogens with two attached hydrogens (primary N) is 2. The zero-order valence-electron chi connectivity index (χ0n) is 17.7. The van der Waals surface area contributed by atoms with Crippen LogP contribution in [0.1, 0.15) is 37.7 Å².